The van der Waals surface area contributed by atoms with Crippen LogP contribution in [-0.4, -0.2) is 40.3 Å². The summed E-state index contributed by atoms with van der Waals surface area (Å²) in [5.41, 5.74) is 0.198. The first-order valence-electron chi connectivity index (χ1n) is 7.46. The van der Waals surface area contributed by atoms with Gasteiger partial charge in [-0.3, -0.25) is 15.1 Å². The molecule has 1 aromatic rings. The van der Waals surface area contributed by atoms with Crippen LogP contribution >= 0.6 is 0 Å². The minimum absolute atomic E-state index is 0.111. The fourth-order valence-corrected chi connectivity index (χ4v) is 1.97. The normalized spacial score (nSPS) is 11.6. The van der Waals surface area contributed by atoms with E-state index in [2.05, 4.69) is 25.9 Å². The maximum atomic E-state index is 11.7. The predicted molar refractivity (Wildman–Crippen MR) is 85.7 cm³/mol. The summed E-state index contributed by atoms with van der Waals surface area (Å²) in [5, 5.41) is 15.9. The van der Waals surface area contributed by atoms with E-state index in [1.165, 1.54) is 6.07 Å². The molecule has 1 atom stereocenters. The monoisotopic (exact) mass is 325 g/mol. The van der Waals surface area contributed by atoms with Crippen molar-refractivity contribution in [3.8, 4) is 0 Å². The van der Waals surface area contributed by atoms with Crippen molar-refractivity contribution >= 4 is 18.1 Å². The van der Waals surface area contributed by atoms with Gasteiger partial charge >= 0.3 is 12.1 Å². The van der Waals surface area contributed by atoms with Crippen LogP contribution in [0.2, 0.25) is 0 Å². The van der Waals surface area contributed by atoms with Gasteiger partial charge in [0.15, 0.2) is 0 Å². The molecule has 0 aliphatic carbocycles. The minimum atomic E-state index is -1.01. The number of nitrogens with one attached hydrogen (secondary N) is 4. The summed E-state index contributed by atoms with van der Waals surface area (Å²) >= 11 is 0. The average Bonchev–Trinajstić information content (AvgIpc) is 2.43. The quantitative estimate of drug-likeness (QED) is 0.459. The van der Waals surface area contributed by atoms with Crippen LogP contribution in [0.25, 0.3) is 0 Å². The zero-order valence-corrected chi connectivity index (χ0v) is 13.3. The zero-order chi connectivity index (χ0) is 17.2. The summed E-state index contributed by atoms with van der Waals surface area (Å²) in [5.74, 6) is 0.370. The number of hydrogen-bond acceptors (Lipinski definition) is 4. The fraction of sp³-hybridized carbons (Fsp3) is 0.571. The number of unbranched alkanes of at least 4 members (excludes halogenated alkanes) is 1. The Morgan fingerprint density at radius 3 is 2.74 bits per heavy atom. The molecule has 0 aliphatic rings. The Hall–Kier alpha value is -2.58. The Bertz CT molecular complexity index is 587. The van der Waals surface area contributed by atoms with Crippen LogP contribution < -0.4 is 21.5 Å². The first-order valence-corrected chi connectivity index (χ1v) is 7.46. The molecule has 9 nitrogen and oxygen atoms in total. The van der Waals surface area contributed by atoms with Gasteiger partial charge in [-0.05, 0) is 25.7 Å². The molecule has 3 amide bonds. The molecular weight excluding hydrogens is 302 g/mol. The number of amides is 3. The van der Waals surface area contributed by atoms with Crippen molar-refractivity contribution in [1.82, 2.24) is 20.6 Å². The molecule has 5 N–H and O–H groups in total. The van der Waals surface area contributed by atoms with E-state index in [-0.39, 0.29) is 17.4 Å². The number of rotatable bonds is 8. The largest absolute Gasteiger partial charge is 0.465 e. The molecule has 23 heavy (non-hydrogen) atoms. The molecule has 1 rings (SSSR count). The average molecular weight is 325 g/mol. The summed E-state index contributed by atoms with van der Waals surface area (Å²) in [6, 6.07) is 0.905. The van der Waals surface area contributed by atoms with Gasteiger partial charge in [-0.2, -0.15) is 0 Å². The second kappa shape index (κ2) is 9.44. The zero-order valence-electron chi connectivity index (χ0n) is 13.3. The van der Waals surface area contributed by atoms with Crippen LogP contribution in [0.15, 0.2) is 10.9 Å². The number of H-pyrrole nitrogens is 1. The van der Waals surface area contributed by atoms with E-state index in [9.17, 15) is 14.4 Å². The van der Waals surface area contributed by atoms with Gasteiger partial charge in [-0.15, -0.1) is 0 Å². The molecule has 0 saturated heterocycles. The first-order chi connectivity index (χ1) is 10.9. The number of anilines is 1. The molecule has 1 unspecified atom stereocenters. The van der Waals surface area contributed by atoms with Crippen molar-refractivity contribution in [3.63, 3.8) is 0 Å². The number of nitrogens with zero attached hydrogens (tertiary/aromatic N) is 1. The van der Waals surface area contributed by atoms with Crippen molar-refractivity contribution in [3.05, 3.63) is 22.1 Å². The first kappa shape index (κ1) is 18.5. The Morgan fingerprint density at radius 2 is 2.09 bits per heavy atom. The third kappa shape index (κ3) is 8.44. The number of aryl methyl sites for hydroxylation is 1. The summed E-state index contributed by atoms with van der Waals surface area (Å²) in [4.78, 5) is 39.7. The lowest BCUT2D eigenvalue weighted by atomic mass is 10.0. The van der Waals surface area contributed by atoms with Gasteiger partial charge in [-0.25, -0.2) is 14.6 Å². The molecule has 1 heterocycles. The molecule has 9 heteroatoms. The van der Waals surface area contributed by atoms with Crippen LogP contribution in [0, 0.1) is 12.8 Å². The van der Waals surface area contributed by atoms with E-state index in [0.717, 1.165) is 19.3 Å². The lowest BCUT2D eigenvalue weighted by Gasteiger charge is -2.13. The standard InChI is InChI=1S/C14H23N5O4/c1-9(5-3-4-6-15-14(22)23)8-16-13(21)19-12-17-10(2)7-11(20)18-12/h7,9,15H,3-6,8H2,1-2H3,(H,22,23)(H3,16,17,18,19,20,21). The molecule has 0 aliphatic heterocycles. The number of carbonyl (C=O) groups is 2. The number of aromatic amines is 1. The highest BCUT2D eigenvalue weighted by Crippen LogP contribution is 2.06. The SMILES string of the molecule is Cc1cc(=O)[nH]c(NC(=O)NCC(C)CCCCNC(=O)O)n1. The summed E-state index contributed by atoms with van der Waals surface area (Å²) in [6.45, 7) is 4.58. The number of carbonyl (C=O) groups excluding carboxylic acids is 1. The highest BCUT2D eigenvalue weighted by Gasteiger charge is 2.07. The van der Waals surface area contributed by atoms with E-state index in [4.69, 9.17) is 5.11 Å². The third-order valence-corrected chi connectivity index (χ3v) is 3.11. The number of aromatic nitrogens is 2. The molecule has 0 fully saturated rings. The van der Waals surface area contributed by atoms with Gasteiger partial charge in [0.2, 0.25) is 5.95 Å². The summed E-state index contributed by atoms with van der Waals surface area (Å²) in [7, 11) is 0. The third-order valence-electron chi connectivity index (χ3n) is 3.11. The Labute approximate surface area is 133 Å². The molecule has 0 saturated carbocycles. The number of urea groups is 1. The van der Waals surface area contributed by atoms with Crippen LogP contribution in [0.1, 0.15) is 31.9 Å². The highest BCUT2D eigenvalue weighted by molar-refractivity contribution is 5.87. The molecule has 0 radical (unpaired) electrons. The van der Waals surface area contributed by atoms with Gasteiger partial charge in [0, 0.05) is 24.8 Å². The molecular formula is C14H23N5O4. The van der Waals surface area contributed by atoms with Crippen LogP contribution in [0.4, 0.5) is 15.5 Å². The maximum Gasteiger partial charge on any atom is 0.404 e. The van der Waals surface area contributed by atoms with E-state index >= 15 is 0 Å². The Kier molecular flexibility index (Phi) is 7.58. The van der Waals surface area contributed by atoms with Gasteiger partial charge in [-0.1, -0.05) is 13.3 Å². The number of hydrogen-bond donors (Lipinski definition) is 5. The second-order valence-electron chi connectivity index (χ2n) is 5.40. The van der Waals surface area contributed by atoms with E-state index < -0.39 is 12.1 Å². The molecule has 128 valence electrons. The van der Waals surface area contributed by atoms with Crippen molar-refractivity contribution in [1.29, 1.82) is 0 Å². The number of carboxylic acid groups (broad SMARTS) is 1. The van der Waals surface area contributed by atoms with Crippen molar-refractivity contribution in [2.75, 3.05) is 18.4 Å². The lowest BCUT2D eigenvalue weighted by molar-refractivity contribution is 0.194. The predicted octanol–water partition coefficient (Wildman–Crippen LogP) is 1.27. The molecule has 0 aromatic carbocycles. The summed E-state index contributed by atoms with van der Waals surface area (Å²) in [6.07, 6.45) is 1.50. The van der Waals surface area contributed by atoms with E-state index in [1.54, 1.807) is 6.92 Å². The molecule has 0 bridgehead atoms. The van der Waals surface area contributed by atoms with Crippen molar-refractivity contribution in [2.24, 2.45) is 5.92 Å². The van der Waals surface area contributed by atoms with Crippen LogP contribution in [-0.2, 0) is 0 Å². The minimum Gasteiger partial charge on any atom is -0.465 e. The molecule has 1 aromatic heterocycles. The Balaban J connectivity index is 2.22. The van der Waals surface area contributed by atoms with Crippen LogP contribution in [0.3, 0.4) is 0 Å². The van der Waals surface area contributed by atoms with Crippen molar-refractivity contribution in [2.45, 2.75) is 33.1 Å². The van der Waals surface area contributed by atoms with Gasteiger partial charge in [0.1, 0.15) is 0 Å². The second-order valence-corrected chi connectivity index (χ2v) is 5.40. The smallest absolute Gasteiger partial charge is 0.404 e. The van der Waals surface area contributed by atoms with Gasteiger partial charge in [0.05, 0.1) is 0 Å². The van der Waals surface area contributed by atoms with Gasteiger partial charge < -0.3 is 15.7 Å². The van der Waals surface area contributed by atoms with E-state index in [1.807, 2.05) is 6.92 Å². The van der Waals surface area contributed by atoms with Crippen LogP contribution in [0.5, 0.6) is 0 Å². The lowest BCUT2D eigenvalue weighted by Crippen LogP contribution is -2.33. The maximum absolute atomic E-state index is 11.7. The molecule has 0 spiro atoms. The van der Waals surface area contributed by atoms with Crippen molar-refractivity contribution < 1.29 is 14.7 Å². The Morgan fingerprint density at radius 1 is 1.35 bits per heavy atom. The summed E-state index contributed by atoms with van der Waals surface area (Å²) < 4.78 is 0. The topological polar surface area (TPSA) is 136 Å². The van der Waals surface area contributed by atoms with E-state index in [0.29, 0.717) is 18.8 Å². The van der Waals surface area contributed by atoms with Gasteiger partial charge in [0.25, 0.3) is 5.56 Å². The fourth-order valence-electron chi connectivity index (χ4n) is 1.97. The highest BCUT2D eigenvalue weighted by atomic mass is 16.4.